The Hall–Kier alpha value is 0.0600. The Labute approximate surface area is 63.1 Å². The van der Waals surface area contributed by atoms with Crippen LogP contribution < -0.4 is 5.14 Å². The molecule has 0 aromatic carbocycles. The third kappa shape index (κ3) is 15.7. The summed E-state index contributed by atoms with van der Waals surface area (Å²) < 4.78 is 37.7. The summed E-state index contributed by atoms with van der Waals surface area (Å²) in [6.07, 6.45) is -4.93. The maximum absolute atomic E-state index is 11.2. The standard InChI is InChI=1S/C4H7F3O.H3NS/c1-8-3-2-4(5,6)7;1-2/h2-3H2,1H3;2H,1H2. The maximum Gasteiger partial charge on any atom is 0.391 e. The van der Waals surface area contributed by atoms with E-state index in [2.05, 4.69) is 22.7 Å². The predicted molar refractivity (Wildman–Crippen MR) is 35.7 cm³/mol. The van der Waals surface area contributed by atoms with Crippen molar-refractivity contribution in [3.8, 4) is 0 Å². The highest BCUT2D eigenvalue weighted by atomic mass is 32.1. The van der Waals surface area contributed by atoms with Gasteiger partial charge in [-0.25, -0.2) is 0 Å². The number of ether oxygens (including phenoxy) is 1. The topological polar surface area (TPSA) is 35.2 Å². The number of hydrogen-bond donors (Lipinski definition) is 2. The molecule has 0 fully saturated rings. The minimum absolute atomic E-state index is 0.247. The van der Waals surface area contributed by atoms with Crippen LogP contribution in [0.1, 0.15) is 6.42 Å². The number of thiol groups is 1. The predicted octanol–water partition coefficient (Wildman–Crippen LogP) is 1.38. The van der Waals surface area contributed by atoms with Crippen molar-refractivity contribution < 1.29 is 17.9 Å². The number of methoxy groups -OCH3 is 1. The molecule has 0 aromatic heterocycles. The van der Waals surface area contributed by atoms with Gasteiger partial charge in [-0.2, -0.15) is 13.2 Å². The minimum Gasteiger partial charge on any atom is -0.384 e. The fourth-order valence-corrected chi connectivity index (χ4v) is 0.218. The van der Waals surface area contributed by atoms with Gasteiger partial charge in [0.2, 0.25) is 0 Å². The molecular weight excluding hydrogens is 167 g/mol. The average Bonchev–Trinajstić information content (AvgIpc) is 1.87. The van der Waals surface area contributed by atoms with Crippen LogP contribution in [0.3, 0.4) is 0 Å². The van der Waals surface area contributed by atoms with Crippen LogP contribution in [0.5, 0.6) is 0 Å². The Morgan fingerprint density at radius 2 is 1.80 bits per heavy atom. The van der Waals surface area contributed by atoms with E-state index in [4.69, 9.17) is 0 Å². The summed E-state index contributed by atoms with van der Waals surface area (Å²) >= 11 is 3.03. The first-order valence-electron chi connectivity index (χ1n) is 2.38. The van der Waals surface area contributed by atoms with Gasteiger partial charge in [0.05, 0.1) is 13.0 Å². The first-order valence-corrected chi connectivity index (χ1v) is 2.89. The Morgan fingerprint density at radius 1 is 1.40 bits per heavy atom. The number of nitrogens with two attached hydrogens (primary N) is 1. The van der Waals surface area contributed by atoms with E-state index < -0.39 is 12.6 Å². The Kier molecular flexibility index (Phi) is 9.11. The molecule has 0 saturated carbocycles. The van der Waals surface area contributed by atoms with Gasteiger partial charge in [0.25, 0.3) is 0 Å². The molecule has 0 spiro atoms. The van der Waals surface area contributed by atoms with E-state index in [9.17, 15) is 13.2 Å². The van der Waals surface area contributed by atoms with E-state index in [1.807, 2.05) is 0 Å². The van der Waals surface area contributed by atoms with E-state index in [-0.39, 0.29) is 6.61 Å². The highest BCUT2D eigenvalue weighted by Crippen LogP contribution is 2.18. The van der Waals surface area contributed by atoms with E-state index in [0.29, 0.717) is 0 Å². The number of hydrogen-bond acceptors (Lipinski definition) is 3. The van der Waals surface area contributed by atoms with Gasteiger partial charge >= 0.3 is 6.18 Å². The molecular formula is C4H10F3NOS. The second-order valence-electron chi connectivity index (χ2n) is 1.36. The van der Waals surface area contributed by atoms with Gasteiger partial charge in [-0.1, -0.05) is 0 Å². The van der Waals surface area contributed by atoms with Crippen molar-refractivity contribution in [2.24, 2.45) is 5.14 Å². The number of alkyl halides is 3. The summed E-state index contributed by atoms with van der Waals surface area (Å²) in [6.45, 7) is -0.247. The molecule has 0 aliphatic heterocycles. The molecule has 0 atom stereocenters. The summed E-state index contributed by atoms with van der Waals surface area (Å²) in [5.41, 5.74) is 0. The summed E-state index contributed by atoms with van der Waals surface area (Å²) in [5.74, 6) is 0. The van der Waals surface area contributed by atoms with Crippen molar-refractivity contribution in [2.75, 3.05) is 13.7 Å². The van der Waals surface area contributed by atoms with Crippen LogP contribution in [-0.4, -0.2) is 19.9 Å². The third-order valence-electron chi connectivity index (χ3n) is 0.590. The quantitative estimate of drug-likeness (QED) is 0.625. The highest BCUT2D eigenvalue weighted by Gasteiger charge is 2.25. The smallest absolute Gasteiger partial charge is 0.384 e. The van der Waals surface area contributed by atoms with Crippen molar-refractivity contribution in [1.82, 2.24) is 0 Å². The highest BCUT2D eigenvalue weighted by molar-refractivity contribution is 7.77. The van der Waals surface area contributed by atoms with Crippen LogP contribution in [0.15, 0.2) is 0 Å². The van der Waals surface area contributed by atoms with Crippen LogP contribution in [0.2, 0.25) is 0 Å². The molecule has 0 aliphatic rings. The largest absolute Gasteiger partial charge is 0.391 e. The lowest BCUT2D eigenvalue weighted by Gasteiger charge is -2.02. The molecule has 0 radical (unpaired) electrons. The lowest BCUT2D eigenvalue weighted by molar-refractivity contribution is -0.143. The molecule has 6 heteroatoms. The molecule has 2 N–H and O–H groups in total. The van der Waals surface area contributed by atoms with E-state index in [0.717, 1.165) is 0 Å². The van der Waals surface area contributed by atoms with Crippen LogP contribution in [-0.2, 0) is 4.74 Å². The van der Waals surface area contributed by atoms with E-state index in [1.54, 1.807) is 0 Å². The molecule has 0 amide bonds. The lowest BCUT2D eigenvalue weighted by atomic mass is 10.4. The molecule has 2 nitrogen and oxygen atoms in total. The van der Waals surface area contributed by atoms with Gasteiger partial charge in [-0.3, -0.25) is 5.14 Å². The molecule has 0 unspecified atom stereocenters. The Morgan fingerprint density at radius 3 is 1.90 bits per heavy atom. The summed E-state index contributed by atoms with van der Waals surface area (Å²) in [7, 11) is 1.24. The van der Waals surface area contributed by atoms with Crippen molar-refractivity contribution in [1.29, 1.82) is 0 Å². The van der Waals surface area contributed by atoms with Crippen molar-refractivity contribution in [3.63, 3.8) is 0 Å². The monoisotopic (exact) mass is 177 g/mol. The van der Waals surface area contributed by atoms with Crippen LogP contribution in [0.4, 0.5) is 13.2 Å². The maximum atomic E-state index is 11.2. The SMILES string of the molecule is COCCC(F)(F)F.NS. The zero-order valence-electron chi connectivity index (χ0n) is 5.48. The van der Waals surface area contributed by atoms with Crippen LogP contribution >= 0.6 is 12.8 Å². The average molecular weight is 177 g/mol. The molecule has 0 bridgehead atoms. The first kappa shape index (κ1) is 12.7. The minimum atomic E-state index is -4.07. The van der Waals surface area contributed by atoms with Gasteiger partial charge in [-0.05, 0) is 0 Å². The van der Waals surface area contributed by atoms with E-state index >= 15 is 0 Å². The second kappa shape index (κ2) is 7.17. The molecule has 0 aliphatic carbocycles. The number of halogens is 3. The van der Waals surface area contributed by atoms with Crippen LogP contribution in [0.25, 0.3) is 0 Å². The Balaban J connectivity index is 0. The Bertz CT molecular complexity index is 68.0. The summed E-state index contributed by atoms with van der Waals surface area (Å²) in [6, 6.07) is 0. The molecule has 64 valence electrons. The molecule has 0 heterocycles. The van der Waals surface area contributed by atoms with Gasteiger partial charge < -0.3 is 4.74 Å². The summed E-state index contributed by atoms with van der Waals surface area (Å²) in [4.78, 5) is 0. The molecule has 0 saturated heterocycles. The lowest BCUT2D eigenvalue weighted by Crippen LogP contribution is -2.10. The van der Waals surface area contributed by atoms with Crippen LogP contribution in [0, 0.1) is 0 Å². The first-order chi connectivity index (χ1) is 4.56. The zero-order chi connectivity index (χ0) is 8.62. The normalized spacial score (nSPS) is 10.2. The van der Waals surface area contributed by atoms with Gasteiger partial charge in [0.1, 0.15) is 0 Å². The molecule has 0 aromatic rings. The second-order valence-corrected chi connectivity index (χ2v) is 1.36. The molecule has 10 heavy (non-hydrogen) atoms. The van der Waals surface area contributed by atoms with Gasteiger partial charge in [0.15, 0.2) is 0 Å². The van der Waals surface area contributed by atoms with Gasteiger partial charge in [-0.15, -0.1) is 12.8 Å². The van der Waals surface area contributed by atoms with Crippen molar-refractivity contribution in [3.05, 3.63) is 0 Å². The zero-order valence-corrected chi connectivity index (χ0v) is 6.38. The van der Waals surface area contributed by atoms with E-state index in [1.165, 1.54) is 7.11 Å². The van der Waals surface area contributed by atoms with Gasteiger partial charge in [0, 0.05) is 7.11 Å². The summed E-state index contributed by atoms with van der Waals surface area (Å²) in [5, 5.41) is 4.19. The van der Waals surface area contributed by atoms with Crippen molar-refractivity contribution in [2.45, 2.75) is 12.6 Å². The fraction of sp³-hybridized carbons (Fsp3) is 1.00. The number of rotatable bonds is 2. The molecule has 0 rings (SSSR count). The third-order valence-corrected chi connectivity index (χ3v) is 0.590. The van der Waals surface area contributed by atoms with Crippen molar-refractivity contribution >= 4 is 12.8 Å². The fourth-order valence-electron chi connectivity index (χ4n) is 0.218.